The number of hydrogen-bond acceptors (Lipinski definition) is 4. The minimum Gasteiger partial charge on any atom is -0.311 e. The van der Waals surface area contributed by atoms with Gasteiger partial charge in [0.1, 0.15) is 12.0 Å². The fraction of sp³-hybridized carbons (Fsp3) is 0.0417. The van der Waals surface area contributed by atoms with E-state index >= 15 is 0 Å². The molecule has 4 nitrogen and oxygen atoms in total. The molecule has 4 aromatic rings. The molecule has 0 atom stereocenters. The SMILES string of the molecule is c1ccc(N(c2ccccc2)c2ccc(-c3cc4c(cn3)=NCN=4)cc2)cc1. The molecule has 1 aromatic heterocycles. The smallest absolute Gasteiger partial charge is 0.131 e. The van der Waals surface area contributed by atoms with E-state index in [1.54, 1.807) is 6.20 Å². The molecule has 0 fully saturated rings. The van der Waals surface area contributed by atoms with Crippen molar-refractivity contribution in [3.05, 3.63) is 108 Å². The quantitative estimate of drug-likeness (QED) is 0.539. The van der Waals surface area contributed by atoms with Gasteiger partial charge in [0.2, 0.25) is 0 Å². The lowest BCUT2D eigenvalue weighted by Crippen LogP contribution is -2.22. The Kier molecular flexibility index (Phi) is 4.14. The lowest BCUT2D eigenvalue weighted by Gasteiger charge is -2.25. The van der Waals surface area contributed by atoms with E-state index in [-0.39, 0.29) is 0 Å². The van der Waals surface area contributed by atoms with Crippen molar-refractivity contribution in [2.24, 2.45) is 9.98 Å². The second-order valence-corrected chi connectivity index (χ2v) is 6.57. The number of pyridine rings is 1. The van der Waals surface area contributed by atoms with Gasteiger partial charge in [-0.25, -0.2) is 0 Å². The van der Waals surface area contributed by atoms with E-state index < -0.39 is 0 Å². The van der Waals surface area contributed by atoms with Gasteiger partial charge in [-0.1, -0.05) is 48.5 Å². The molecule has 28 heavy (non-hydrogen) atoms. The Morgan fingerprint density at radius 3 is 1.82 bits per heavy atom. The van der Waals surface area contributed by atoms with Gasteiger partial charge >= 0.3 is 0 Å². The zero-order valence-electron chi connectivity index (χ0n) is 15.2. The van der Waals surface area contributed by atoms with E-state index in [4.69, 9.17) is 0 Å². The van der Waals surface area contributed by atoms with Crippen molar-refractivity contribution in [3.8, 4) is 11.3 Å². The summed E-state index contributed by atoms with van der Waals surface area (Å²) in [5.41, 5.74) is 5.32. The Morgan fingerprint density at radius 1 is 0.607 bits per heavy atom. The molecule has 0 N–H and O–H groups in total. The Balaban J connectivity index is 1.55. The summed E-state index contributed by atoms with van der Waals surface area (Å²) in [6, 6.07) is 31.3. The first kappa shape index (κ1) is 16.4. The Bertz CT molecular complexity index is 1180. The summed E-state index contributed by atoms with van der Waals surface area (Å²) >= 11 is 0. The molecule has 0 aliphatic carbocycles. The Labute approximate surface area is 163 Å². The molecule has 1 aliphatic rings. The highest BCUT2D eigenvalue weighted by molar-refractivity contribution is 5.77. The van der Waals surface area contributed by atoms with Gasteiger partial charge in [-0.2, -0.15) is 0 Å². The van der Waals surface area contributed by atoms with Crippen molar-refractivity contribution in [2.45, 2.75) is 0 Å². The fourth-order valence-electron chi connectivity index (χ4n) is 3.41. The minimum absolute atomic E-state index is 0.502. The average molecular weight is 362 g/mol. The highest BCUT2D eigenvalue weighted by atomic mass is 15.1. The van der Waals surface area contributed by atoms with Gasteiger partial charge in [0, 0.05) is 22.6 Å². The largest absolute Gasteiger partial charge is 0.311 e. The minimum atomic E-state index is 0.502. The van der Waals surface area contributed by atoms with Crippen LogP contribution in [0.1, 0.15) is 0 Å². The molecule has 0 saturated heterocycles. The van der Waals surface area contributed by atoms with Crippen LogP contribution in [0.5, 0.6) is 0 Å². The standard InChI is InChI=1S/C24H18N4/c1-3-7-19(8-4-1)28(20-9-5-2-6-10-20)21-13-11-18(12-14-21)22-15-23-24(16-25-22)27-17-26-23/h1-16H,17H2. The van der Waals surface area contributed by atoms with Crippen molar-refractivity contribution in [3.63, 3.8) is 0 Å². The molecule has 0 amide bonds. The fourth-order valence-corrected chi connectivity index (χ4v) is 3.41. The number of hydrogen-bond donors (Lipinski definition) is 0. The molecule has 1 aliphatic heterocycles. The van der Waals surface area contributed by atoms with Gasteiger partial charge < -0.3 is 4.90 Å². The normalized spacial score (nSPS) is 12.0. The van der Waals surface area contributed by atoms with Crippen LogP contribution in [0, 0.1) is 0 Å². The number of aromatic nitrogens is 1. The summed E-state index contributed by atoms with van der Waals surface area (Å²) in [6.45, 7) is 0.502. The van der Waals surface area contributed by atoms with Crippen LogP contribution in [0.4, 0.5) is 17.1 Å². The van der Waals surface area contributed by atoms with E-state index in [0.717, 1.165) is 39.0 Å². The number of fused-ring (bicyclic) bond motifs is 1. The van der Waals surface area contributed by atoms with E-state index in [9.17, 15) is 0 Å². The summed E-state index contributed by atoms with van der Waals surface area (Å²) in [6.07, 6.45) is 1.80. The van der Waals surface area contributed by atoms with E-state index in [2.05, 4.69) is 92.7 Å². The van der Waals surface area contributed by atoms with Crippen LogP contribution in [-0.2, 0) is 0 Å². The van der Waals surface area contributed by atoms with E-state index in [0.29, 0.717) is 6.67 Å². The number of nitrogens with zero attached hydrogens (tertiary/aromatic N) is 4. The van der Waals surface area contributed by atoms with Crippen LogP contribution < -0.4 is 15.6 Å². The third kappa shape index (κ3) is 3.05. The second-order valence-electron chi connectivity index (χ2n) is 6.57. The molecule has 0 bridgehead atoms. The van der Waals surface area contributed by atoms with Crippen LogP contribution in [0.2, 0.25) is 0 Å². The third-order valence-electron chi connectivity index (χ3n) is 4.79. The van der Waals surface area contributed by atoms with Crippen molar-refractivity contribution >= 4 is 17.1 Å². The maximum absolute atomic E-state index is 4.54. The highest BCUT2D eigenvalue weighted by Gasteiger charge is 2.12. The summed E-state index contributed by atoms with van der Waals surface area (Å²) in [5.74, 6) is 0. The van der Waals surface area contributed by atoms with Crippen LogP contribution in [0.15, 0.2) is 107 Å². The molecule has 0 saturated carbocycles. The van der Waals surface area contributed by atoms with E-state index in [1.165, 1.54) is 0 Å². The summed E-state index contributed by atoms with van der Waals surface area (Å²) in [7, 11) is 0. The zero-order chi connectivity index (χ0) is 18.8. The van der Waals surface area contributed by atoms with Crippen LogP contribution in [0.3, 0.4) is 0 Å². The first-order valence-electron chi connectivity index (χ1n) is 9.24. The van der Waals surface area contributed by atoms with Crippen LogP contribution in [0.25, 0.3) is 11.3 Å². The Morgan fingerprint density at radius 2 is 1.18 bits per heavy atom. The van der Waals surface area contributed by atoms with Crippen molar-refractivity contribution in [1.82, 2.24) is 4.98 Å². The molecular weight excluding hydrogens is 344 g/mol. The average Bonchev–Trinajstić information content (AvgIpc) is 3.24. The number of anilines is 3. The number of rotatable bonds is 4. The first-order valence-corrected chi connectivity index (χ1v) is 9.24. The predicted molar refractivity (Wildman–Crippen MR) is 112 cm³/mol. The molecule has 134 valence electrons. The second kappa shape index (κ2) is 7.08. The zero-order valence-corrected chi connectivity index (χ0v) is 15.2. The van der Waals surface area contributed by atoms with Crippen molar-refractivity contribution < 1.29 is 0 Å². The molecule has 3 aromatic carbocycles. The van der Waals surface area contributed by atoms with Gasteiger partial charge in [0.05, 0.1) is 17.2 Å². The number of para-hydroxylation sites is 2. The van der Waals surface area contributed by atoms with Crippen molar-refractivity contribution in [2.75, 3.05) is 11.6 Å². The molecule has 5 rings (SSSR count). The lowest BCUT2D eigenvalue weighted by atomic mass is 10.1. The van der Waals surface area contributed by atoms with Gasteiger partial charge in [-0.15, -0.1) is 0 Å². The third-order valence-corrected chi connectivity index (χ3v) is 4.79. The lowest BCUT2D eigenvalue weighted by molar-refractivity contribution is 1.06. The summed E-state index contributed by atoms with van der Waals surface area (Å²) in [4.78, 5) is 15.5. The molecule has 2 heterocycles. The number of benzene rings is 3. The molecule has 0 radical (unpaired) electrons. The monoisotopic (exact) mass is 362 g/mol. The summed E-state index contributed by atoms with van der Waals surface area (Å²) in [5, 5.41) is 1.80. The Hall–Kier alpha value is -3.79. The molecular formula is C24H18N4. The van der Waals surface area contributed by atoms with Crippen LogP contribution >= 0.6 is 0 Å². The maximum Gasteiger partial charge on any atom is 0.131 e. The summed E-state index contributed by atoms with van der Waals surface area (Å²) < 4.78 is 0. The highest BCUT2D eigenvalue weighted by Crippen LogP contribution is 2.34. The maximum atomic E-state index is 4.54. The molecule has 0 unspecified atom stereocenters. The first-order chi connectivity index (χ1) is 13.9. The van der Waals surface area contributed by atoms with Crippen molar-refractivity contribution in [1.29, 1.82) is 0 Å². The van der Waals surface area contributed by atoms with Crippen LogP contribution in [-0.4, -0.2) is 11.7 Å². The van der Waals surface area contributed by atoms with Gasteiger partial charge in [-0.05, 0) is 42.5 Å². The van der Waals surface area contributed by atoms with E-state index in [1.807, 2.05) is 18.2 Å². The van der Waals surface area contributed by atoms with Gasteiger partial charge in [-0.3, -0.25) is 15.0 Å². The molecule has 4 heteroatoms. The van der Waals surface area contributed by atoms with Gasteiger partial charge in [0.15, 0.2) is 0 Å². The molecule has 0 spiro atoms. The predicted octanol–water partition coefficient (Wildman–Crippen LogP) is 4.43. The van der Waals surface area contributed by atoms with Gasteiger partial charge in [0.25, 0.3) is 0 Å². The topological polar surface area (TPSA) is 40.9 Å².